The van der Waals surface area contributed by atoms with Gasteiger partial charge in [0.15, 0.2) is 11.5 Å². The first-order valence-corrected chi connectivity index (χ1v) is 8.82. The molecule has 0 aliphatic heterocycles. The fraction of sp³-hybridized carbons (Fsp3) is 0.263. The first-order valence-electron chi connectivity index (χ1n) is 7.74. The number of methoxy groups -OCH3 is 2. The smallest absolute Gasteiger partial charge is 0.244 e. The Kier molecular flexibility index (Phi) is 6.81. The summed E-state index contributed by atoms with van der Waals surface area (Å²) in [7, 11) is 3.18. The van der Waals surface area contributed by atoms with Crippen molar-refractivity contribution in [1.82, 2.24) is 5.43 Å². The largest absolute Gasteiger partial charge is 0.493 e. The van der Waals surface area contributed by atoms with Gasteiger partial charge in [0.1, 0.15) is 0 Å². The summed E-state index contributed by atoms with van der Waals surface area (Å²) in [6.07, 6.45) is 1.89. The van der Waals surface area contributed by atoms with Gasteiger partial charge in [0.2, 0.25) is 5.91 Å². The molecular weight excluding hydrogens is 431 g/mol. The van der Waals surface area contributed by atoms with E-state index < -0.39 is 0 Å². The molecule has 0 atom stereocenters. The van der Waals surface area contributed by atoms with Gasteiger partial charge in [-0.2, -0.15) is 5.10 Å². The number of hydrogen-bond acceptors (Lipinski definition) is 4. The Labute approximate surface area is 161 Å². The summed E-state index contributed by atoms with van der Waals surface area (Å²) in [5.74, 6) is 1.15. The van der Waals surface area contributed by atoms with Crippen LogP contribution >= 0.6 is 22.6 Å². The zero-order valence-corrected chi connectivity index (χ0v) is 16.9. The molecule has 2 aromatic carbocycles. The van der Waals surface area contributed by atoms with Crippen LogP contribution in [0.2, 0.25) is 0 Å². The molecule has 2 rings (SSSR count). The Bertz CT molecular complexity index is 803. The van der Waals surface area contributed by atoms with E-state index in [1.165, 1.54) is 5.56 Å². The van der Waals surface area contributed by atoms with Gasteiger partial charge in [0.05, 0.1) is 30.4 Å². The van der Waals surface area contributed by atoms with Crippen LogP contribution in [0.5, 0.6) is 11.5 Å². The number of amides is 1. The van der Waals surface area contributed by atoms with Crippen molar-refractivity contribution in [3.63, 3.8) is 0 Å². The van der Waals surface area contributed by atoms with Crippen LogP contribution in [0.4, 0.5) is 0 Å². The monoisotopic (exact) mass is 452 g/mol. The van der Waals surface area contributed by atoms with Gasteiger partial charge in [-0.05, 0) is 65.3 Å². The lowest BCUT2D eigenvalue weighted by Gasteiger charge is -2.10. The standard InChI is InChI=1S/C19H21IN2O3/c1-12-5-6-15(13(2)7-12)10-18(23)22-21-11-14-8-16(20)19(25-4)17(9-14)24-3/h5-9,11H,10H2,1-4H3,(H,22,23)/b21-11+. The van der Waals surface area contributed by atoms with Crippen LogP contribution in [0.15, 0.2) is 35.4 Å². The molecule has 0 saturated carbocycles. The number of aryl methyl sites for hydroxylation is 2. The predicted octanol–water partition coefficient (Wildman–Crippen LogP) is 3.62. The number of hydrazone groups is 1. The van der Waals surface area contributed by atoms with E-state index in [0.717, 1.165) is 20.3 Å². The van der Waals surface area contributed by atoms with Crippen LogP contribution in [0.25, 0.3) is 0 Å². The Hall–Kier alpha value is -2.09. The van der Waals surface area contributed by atoms with Gasteiger partial charge in [-0.1, -0.05) is 23.8 Å². The maximum Gasteiger partial charge on any atom is 0.244 e. The summed E-state index contributed by atoms with van der Waals surface area (Å²) in [6, 6.07) is 9.76. The summed E-state index contributed by atoms with van der Waals surface area (Å²) in [5.41, 5.74) is 6.66. The molecule has 25 heavy (non-hydrogen) atoms. The fourth-order valence-corrected chi connectivity index (χ4v) is 3.29. The van der Waals surface area contributed by atoms with Crippen molar-refractivity contribution in [3.05, 3.63) is 56.2 Å². The lowest BCUT2D eigenvalue weighted by molar-refractivity contribution is -0.120. The van der Waals surface area contributed by atoms with Crippen LogP contribution in [-0.4, -0.2) is 26.3 Å². The molecule has 5 nitrogen and oxygen atoms in total. The third kappa shape index (κ3) is 5.19. The molecule has 0 bridgehead atoms. The lowest BCUT2D eigenvalue weighted by Crippen LogP contribution is -2.20. The van der Waals surface area contributed by atoms with Crippen LogP contribution < -0.4 is 14.9 Å². The van der Waals surface area contributed by atoms with Gasteiger partial charge < -0.3 is 9.47 Å². The number of benzene rings is 2. The molecule has 0 radical (unpaired) electrons. The summed E-state index contributed by atoms with van der Waals surface area (Å²) >= 11 is 2.17. The molecule has 0 aliphatic rings. The Morgan fingerprint density at radius 3 is 2.60 bits per heavy atom. The zero-order valence-electron chi connectivity index (χ0n) is 14.7. The van der Waals surface area contributed by atoms with Crippen molar-refractivity contribution in [3.8, 4) is 11.5 Å². The molecule has 1 amide bonds. The maximum absolute atomic E-state index is 12.1. The van der Waals surface area contributed by atoms with Crippen LogP contribution in [-0.2, 0) is 11.2 Å². The number of carbonyl (C=O) groups excluding carboxylic acids is 1. The molecule has 0 aromatic heterocycles. The summed E-state index contributed by atoms with van der Waals surface area (Å²) in [4.78, 5) is 12.1. The zero-order chi connectivity index (χ0) is 18.4. The second kappa shape index (κ2) is 8.84. The average molecular weight is 452 g/mol. The van der Waals surface area contributed by atoms with Crippen molar-refractivity contribution in [2.45, 2.75) is 20.3 Å². The predicted molar refractivity (Wildman–Crippen MR) is 108 cm³/mol. The van der Waals surface area contributed by atoms with Gasteiger partial charge in [0.25, 0.3) is 0 Å². The third-order valence-corrected chi connectivity index (χ3v) is 4.51. The number of nitrogens with one attached hydrogen (secondary N) is 1. The van der Waals surface area contributed by atoms with Gasteiger partial charge in [-0.25, -0.2) is 5.43 Å². The number of nitrogens with zero attached hydrogens (tertiary/aromatic N) is 1. The number of carbonyl (C=O) groups is 1. The van der Waals surface area contributed by atoms with Crippen LogP contribution in [0.1, 0.15) is 22.3 Å². The highest BCUT2D eigenvalue weighted by Crippen LogP contribution is 2.32. The average Bonchev–Trinajstić information content (AvgIpc) is 2.57. The molecule has 0 saturated heterocycles. The van der Waals surface area contributed by atoms with Crippen molar-refractivity contribution in [2.24, 2.45) is 5.10 Å². The second-order valence-corrected chi connectivity index (χ2v) is 6.80. The van der Waals surface area contributed by atoms with E-state index in [0.29, 0.717) is 17.9 Å². The van der Waals surface area contributed by atoms with Crippen molar-refractivity contribution < 1.29 is 14.3 Å². The lowest BCUT2D eigenvalue weighted by atomic mass is 10.0. The van der Waals surface area contributed by atoms with Gasteiger partial charge in [0, 0.05) is 0 Å². The highest BCUT2D eigenvalue weighted by atomic mass is 127. The minimum atomic E-state index is -0.154. The third-order valence-electron chi connectivity index (χ3n) is 3.71. The minimum Gasteiger partial charge on any atom is -0.493 e. The molecule has 2 aromatic rings. The number of rotatable bonds is 6. The van der Waals surface area contributed by atoms with Gasteiger partial charge >= 0.3 is 0 Å². The van der Waals surface area contributed by atoms with Crippen LogP contribution in [0.3, 0.4) is 0 Å². The number of hydrogen-bond donors (Lipinski definition) is 1. The van der Waals surface area contributed by atoms with E-state index in [1.54, 1.807) is 26.5 Å². The van der Waals surface area contributed by atoms with E-state index >= 15 is 0 Å². The molecule has 0 heterocycles. The Morgan fingerprint density at radius 1 is 1.20 bits per heavy atom. The quantitative estimate of drug-likeness (QED) is 0.414. The molecule has 0 aliphatic carbocycles. The van der Waals surface area contributed by atoms with Crippen molar-refractivity contribution in [1.29, 1.82) is 0 Å². The molecule has 132 valence electrons. The Balaban J connectivity index is 2.03. The highest BCUT2D eigenvalue weighted by Gasteiger charge is 2.10. The first kappa shape index (κ1) is 19.2. The molecule has 0 spiro atoms. The minimum absolute atomic E-state index is 0.154. The number of halogens is 1. The van der Waals surface area contributed by atoms with Crippen molar-refractivity contribution in [2.75, 3.05) is 14.2 Å². The summed E-state index contributed by atoms with van der Waals surface area (Å²) < 4.78 is 11.5. The van der Waals surface area contributed by atoms with Gasteiger partial charge in [-0.15, -0.1) is 0 Å². The molecular formula is C19H21IN2O3. The van der Waals surface area contributed by atoms with E-state index in [9.17, 15) is 4.79 Å². The normalized spacial score (nSPS) is 10.8. The van der Waals surface area contributed by atoms with Crippen molar-refractivity contribution >= 4 is 34.7 Å². The van der Waals surface area contributed by atoms with E-state index in [1.807, 2.05) is 32.0 Å². The summed E-state index contributed by atoms with van der Waals surface area (Å²) in [5, 5.41) is 4.03. The SMILES string of the molecule is COc1cc(/C=N/NC(=O)Cc2ccc(C)cc2C)cc(I)c1OC. The first-order chi connectivity index (χ1) is 11.9. The number of ether oxygens (including phenoxy) is 2. The molecule has 0 fully saturated rings. The van der Waals surface area contributed by atoms with Crippen LogP contribution in [0, 0.1) is 17.4 Å². The topological polar surface area (TPSA) is 59.9 Å². The highest BCUT2D eigenvalue weighted by molar-refractivity contribution is 14.1. The molecule has 0 unspecified atom stereocenters. The van der Waals surface area contributed by atoms with Gasteiger partial charge in [-0.3, -0.25) is 4.79 Å². The molecule has 6 heteroatoms. The van der Waals surface area contributed by atoms with E-state index in [2.05, 4.69) is 39.2 Å². The maximum atomic E-state index is 12.1. The Morgan fingerprint density at radius 2 is 1.96 bits per heavy atom. The fourth-order valence-electron chi connectivity index (χ4n) is 2.45. The van der Waals surface area contributed by atoms with E-state index in [-0.39, 0.29) is 5.91 Å². The second-order valence-electron chi connectivity index (χ2n) is 5.64. The molecule has 1 N–H and O–H groups in total. The summed E-state index contributed by atoms with van der Waals surface area (Å²) in [6.45, 7) is 4.04. The van der Waals surface area contributed by atoms with E-state index in [4.69, 9.17) is 9.47 Å².